The van der Waals surface area contributed by atoms with Crippen LogP contribution in [-0.4, -0.2) is 82.3 Å². The number of hydrogen-bond donors (Lipinski definition) is 0. The summed E-state index contributed by atoms with van der Waals surface area (Å²) < 4.78 is 22.9. The second-order valence-corrected chi connectivity index (χ2v) is 29.8. The highest BCUT2D eigenvalue weighted by molar-refractivity contribution is 5.70. The van der Waals surface area contributed by atoms with Crippen LogP contribution in [0.25, 0.3) is 0 Å². The van der Waals surface area contributed by atoms with Gasteiger partial charge in [0.2, 0.25) is 0 Å². The summed E-state index contributed by atoms with van der Waals surface area (Å²) in [5, 5.41) is 11.9. The SMILES string of the molecule is CCCCCCC/C=C\C/C=C\CCCCCCCCCCCCCCCCCCCCCCCCCC(=O)OC(COC(=O)CCCCCCCCCCCCCCCCCCCCCCCCCCCCCCCCCCC)COC(OCC[N+](C)(C)C)C(=O)[O-]. The summed E-state index contributed by atoms with van der Waals surface area (Å²) in [7, 11) is 5.96. The molecular formula is C84H161NO8. The zero-order valence-electron chi connectivity index (χ0n) is 63.2. The van der Waals surface area contributed by atoms with E-state index in [1.165, 1.54) is 366 Å². The van der Waals surface area contributed by atoms with E-state index in [0.717, 1.165) is 44.9 Å². The number of likely N-dealkylation sites (N-methyl/N-ethyl adjacent to an activating group) is 1. The average molecular weight is 1310 g/mol. The number of carbonyl (C=O) groups excluding carboxylic acids is 3. The number of allylic oxidation sites excluding steroid dienone is 4. The monoisotopic (exact) mass is 1310 g/mol. The first-order valence-corrected chi connectivity index (χ1v) is 41.5. The van der Waals surface area contributed by atoms with Crippen molar-refractivity contribution in [3.8, 4) is 0 Å². The fourth-order valence-corrected chi connectivity index (χ4v) is 12.9. The van der Waals surface area contributed by atoms with Crippen molar-refractivity contribution in [1.82, 2.24) is 0 Å². The third kappa shape index (κ3) is 77.0. The Morgan fingerprint density at radius 3 is 0.849 bits per heavy atom. The summed E-state index contributed by atoms with van der Waals surface area (Å²) in [6.07, 6.45) is 93.2. The summed E-state index contributed by atoms with van der Waals surface area (Å²) in [4.78, 5) is 37.6. The second-order valence-electron chi connectivity index (χ2n) is 29.8. The first-order valence-electron chi connectivity index (χ1n) is 41.5. The van der Waals surface area contributed by atoms with Gasteiger partial charge >= 0.3 is 11.9 Å². The van der Waals surface area contributed by atoms with Gasteiger partial charge in [-0.2, -0.15) is 0 Å². The molecule has 0 amide bonds. The Kier molecular flexibility index (Phi) is 73.7. The Labute approximate surface area is 579 Å². The molecule has 0 aromatic carbocycles. The number of carboxylic acids is 1. The number of aliphatic carboxylic acids is 1. The molecule has 0 radical (unpaired) electrons. The van der Waals surface area contributed by atoms with Crippen molar-refractivity contribution in [2.45, 2.75) is 450 Å². The highest BCUT2D eigenvalue weighted by Gasteiger charge is 2.22. The minimum atomic E-state index is -1.62. The molecule has 2 unspecified atom stereocenters. The fraction of sp³-hybridized carbons (Fsp3) is 0.917. The van der Waals surface area contributed by atoms with Crippen LogP contribution in [0.1, 0.15) is 438 Å². The molecular weight excluding hydrogens is 1150 g/mol. The maximum absolute atomic E-state index is 13.0. The van der Waals surface area contributed by atoms with Crippen molar-refractivity contribution >= 4 is 17.9 Å². The standard InChI is InChI=1S/C84H161NO8/c1-6-8-10-12-14-16-18-20-22-24-26-28-30-32-34-36-38-40-41-43-45-47-49-51-53-55-57-59-61-63-65-67-69-71-73-75-82(87)93-80(79-92-84(83(88)89)90-77-76-85(3,4)5)78-91-81(86)74-72-70-68-66-64-62-60-58-56-54-52-50-48-46-44-42-39-37-35-33-31-29-27-25-23-21-19-17-15-13-11-9-7-2/h18,20,24,26,80,84H,6-17,19,21-23,25,27-79H2,1-5H3/b20-18-,26-24-. The molecule has 0 aliphatic heterocycles. The van der Waals surface area contributed by atoms with E-state index in [1.807, 2.05) is 21.1 Å². The third-order valence-electron chi connectivity index (χ3n) is 19.2. The third-order valence-corrected chi connectivity index (χ3v) is 19.2. The van der Waals surface area contributed by atoms with E-state index in [4.69, 9.17) is 18.9 Å². The van der Waals surface area contributed by atoms with Gasteiger partial charge in [-0.15, -0.1) is 0 Å². The molecule has 0 aromatic heterocycles. The average Bonchev–Trinajstić information content (AvgIpc) is 3.74. The Morgan fingerprint density at radius 1 is 0.323 bits per heavy atom. The van der Waals surface area contributed by atoms with E-state index in [2.05, 4.69) is 38.2 Å². The molecule has 550 valence electrons. The van der Waals surface area contributed by atoms with E-state index in [1.54, 1.807) is 0 Å². The largest absolute Gasteiger partial charge is 0.545 e. The lowest BCUT2D eigenvalue weighted by Crippen LogP contribution is -2.44. The molecule has 0 heterocycles. The Morgan fingerprint density at radius 2 is 0.581 bits per heavy atom. The molecule has 0 N–H and O–H groups in total. The van der Waals surface area contributed by atoms with Gasteiger partial charge < -0.3 is 33.3 Å². The molecule has 0 aliphatic rings. The van der Waals surface area contributed by atoms with Crippen LogP contribution in [0.15, 0.2) is 24.3 Å². The van der Waals surface area contributed by atoms with Gasteiger partial charge in [0.05, 0.1) is 40.3 Å². The number of rotatable bonds is 79. The topological polar surface area (TPSA) is 111 Å². The van der Waals surface area contributed by atoms with E-state index in [0.29, 0.717) is 17.4 Å². The second kappa shape index (κ2) is 75.5. The summed E-state index contributed by atoms with van der Waals surface area (Å²) in [6.45, 7) is 4.83. The van der Waals surface area contributed by atoms with E-state index in [-0.39, 0.29) is 32.2 Å². The smallest absolute Gasteiger partial charge is 0.306 e. The van der Waals surface area contributed by atoms with Crippen molar-refractivity contribution in [3.05, 3.63) is 24.3 Å². The summed E-state index contributed by atoms with van der Waals surface area (Å²) >= 11 is 0. The van der Waals surface area contributed by atoms with Gasteiger partial charge in [-0.3, -0.25) is 9.59 Å². The molecule has 9 nitrogen and oxygen atoms in total. The van der Waals surface area contributed by atoms with Crippen LogP contribution >= 0.6 is 0 Å². The molecule has 0 saturated carbocycles. The van der Waals surface area contributed by atoms with E-state index in [9.17, 15) is 19.5 Å². The van der Waals surface area contributed by atoms with E-state index < -0.39 is 24.3 Å². The van der Waals surface area contributed by atoms with Crippen molar-refractivity contribution in [2.75, 3.05) is 47.5 Å². The number of quaternary nitrogens is 1. The van der Waals surface area contributed by atoms with Crippen molar-refractivity contribution in [2.24, 2.45) is 0 Å². The highest BCUT2D eigenvalue weighted by Crippen LogP contribution is 2.21. The van der Waals surface area contributed by atoms with Gasteiger partial charge in [0.25, 0.3) is 0 Å². The number of unbranched alkanes of at least 4 members (excludes halogenated alkanes) is 60. The zero-order chi connectivity index (χ0) is 67.5. The van der Waals surface area contributed by atoms with Gasteiger partial charge in [0, 0.05) is 12.8 Å². The number of ether oxygens (including phenoxy) is 4. The lowest BCUT2D eigenvalue weighted by atomic mass is 10.0. The lowest BCUT2D eigenvalue weighted by Gasteiger charge is -2.26. The summed E-state index contributed by atoms with van der Waals surface area (Å²) in [6, 6.07) is 0. The van der Waals surface area contributed by atoms with Gasteiger partial charge in [-0.05, 0) is 44.9 Å². The molecule has 0 rings (SSSR count). The molecule has 0 fully saturated rings. The van der Waals surface area contributed by atoms with Crippen LogP contribution in [0.4, 0.5) is 0 Å². The van der Waals surface area contributed by atoms with Crippen molar-refractivity contribution in [3.63, 3.8) is 0 Å². The lowest BCUT2D eigenvalue weighted by molar-refractivity contribution is -0.870. The van der Waals surface area contributed by atoms with Gasteiger partial charge in [-0.25, -0.2) is 0 Å². The summed E-state index contributed by atoms with van der Waals surface area (Å²) in [5.74, 6) is -2.24. The number of carboxylic acid groups (broad SMARTS) is 1. The van der Waals surface area contributed by atoms with Gasteiger partial charge in [0.1, 0.15) is 13.2 Å². The van der Waals surface area contributed by atoms with E-state index >= 15 is 0 Å². The predicted octanol–water partition coefficient (Wildman–Crippen LogP) is 25.2. The number of nitrogens with zero attached hydrogens (tertiary/aromatic N) is 1. The minimum absolute atomic E-state index is 0.152. The van der Waals surface area contributed by atoms with Crippen LogP contribution in [0.2, 0.25) is 0 Å². The first kappa shape index (κ1) is 90.8. The molecule has 93 heavy (non-hydrogen) atoms. The number of carbonyl (C=O) groups is 3. The minimum Gasteiger partial charge on any atom is -0.545 e. The van der Waals surface area contributed by atoms with Gasteiger partial charge in [-0.1, -0.05) is 404 Å². The van der Waals surface area contributed by atoms with Crippen LogP contribution in [0.3, 0.4) is 0 Å². The first-order chi connectivity index (χ1) is 45.6. The number of hydrogen-bond acceptors (Lipinski definition) is 8. The number of esters is 2. The molecule has 0 aliphatic carbocycles. The zero-order valence-corrected chi connectivity index (χ0v) is 63.2. The van der Waals surface area contributed by atoms with Crippen LogP contribution in [0, 0.1) is 0 Å². The predicted molar refractivity (Wildman–Crippen MR) is 399 cm³/mol. The molecule has 9 heteroatoms. The van der Waals surface area contributed by atoms with Crippen LogP contribution in [-0.2, 0) is 33.3 Å². The highest BCUT2D eigenvalue weighted by atomic mass is 16.7. The molecule has 0 saturated heterocycles. The molecule has 2 atom stereocenters. The van der Waals surface area contributed by atoms with Gasteiger partial charge in [0.15, 0.2) is 12.4 Å². The Bertz CT molecular complexity index is 1580. The maximum atomic E-state index is 13.0. The fourth-order valence-electron chi connectivity index (χ4n) is 12.9. The quantitative estimate of drug-likeness (QED) is 0.0195. The van der Waals surface area contributed by atoms with Crippen molar-refractivity contribution in [1.29, 1.82) is 0 Å². The maximum Gasteiger partial charge on any atom is 0.306 e. The van der Waals surface area contributed by atoms with Crippen LogP contribution in [0.5, 0.6) is 0 Å². The van der Waals surface area contributed by atoms with Crippen molar-refractivity contribution < 1.29 is 42.9 Å². The summed E-state index contributed by atoms with van der Waals surface area (Å²) in [5.41, 5.74) is 0. The molecule has 0 aromatic rings. The normalized spacial score (nSPS) is 12.7. The Balaban J connectivity index is 3.94. The molecule has 0 spiro atoms. The van der Waals surface area contributed by atoms with Crippen LogP contribution < -0.4 is 5.11 Å². The molecule has 0 bridgehead atoms. The Hall–Kier alpha value is -2.23.